The van der Waals surface area contributed by atoms with Crippen LogP contribution in [0.15, 0.2) is 41.0 Å². The molecule has 0 aliphatic heterocycles. The number of nitrogens with zero attached hydrogens (tertiary/aromatic N) is 4. The number of benzene rings is 1. The number of amides is 1. The van der Waals surface area contributed by atoms with Gasteiger partial charge in [0.1, 0.15) is 11.5 Å². The van der Waals surface area contributed by atoms with E-state index < -0.39 is 5.82 Å². The molecule has 1 saturated carbocycles. The second-order valence-electron chi connectivity index (χ2n) is 6.60. The number of carbonyl (C=O) groups is 1. The van der Waals surface area contributed by atoms with Gasteiger partial charge in [0.05, 0.1) is 5.69 Å². The van der Waals surface area contributed by atoms with Crippen LogP contribution in [-0.2, 0) is 6.54 Å². The van der Waals surface area contributed by atoms with Crippen LogP contribution in [0, 0.1) is 12.7 Å². The zero-order chi connectivity index (χ0) is 19.0. The lowest BCUT2D eigenvalue weighted by Gasteiger charge is -2.09. The molecule has 1 aliphatic rings. The molecule has 0 atom stereocenters. The Morgan fingerprint density at radius 2 is 2.15 bits per heavy atom. The third-order valence-corrected chi connectivity index (χ3v) is 4.94. The SMILES string of the molecule is Cc1ccc(CNC(=O)c2nnn(-c3ccc(Br)cc3F)c2C2CC2)cn1. The van der Waals surface area contributed by atoms with Gasteiger partial charge in [-0.2, -0.15) is 0 Å². The zero-order valence-corrected chi connectivity index (χ0v) is 16.2. The first-order valence-corrected chi connectivity index (χ1v) is 9.43. The van der Waals surface area contributed by atoms with E-state index in [4.69, 9.17) is 0 Å². The third kappa shape index (κ3) is 3.75. The molecule has 8 heteroatoms. The minimum atomic E-state index is -0.422. The summed E-state index contributed by atoms with van der Waals surface area (Å²) in [4.78, 5) is 16.9. The van der Waals surface area contributed by atoms with E-state index in [0.717, 1.165) is 24.1 Å². The number of halogens is 2. The summed E-state index contributed by atoms with van der Waals surface area (Å²) in [6, 6.07) is 8.54. The minimum Gasteiger partial charge on any atom is -0.346 e. The fraction of sp³-hybridized carbons (Fsp3) is 0.263. The maximum Gasteiger partial charge on any atom is 0.274 e. The van der Waals surface area contributed by atoms with Gasteiger partial charge in [-0.1, -0.05) is 27.2 Å². The molecule has 1 N–H and O–H groups in total. The van der Waals surface area contributed by atoms with Crippen LogP contribution in [0.5, 0.6) is 0 Å². The van der Waals surface area contributed by atoms with Crippen molar-refractivity contribution in [3.05, 3.63) is 69.5 Å². The zero-order valence-electron chi connectivity index (χ0n) is 14.6. The van der Waals surface area contributed by atoms with Crippen LogP contribution in [0.3, 0.4) is 0 Å². The van der Waals surface area contributed by atoms with E-state index in [2.05, 4.69) is 36.5 Å². The predicted molar refractivity (Wildman–Crippen MR) is 101 cm³/mol. The molecule has 2 heterocycles. The van der Waals surface area contributed by atoms with E-state index in [9.17, 15) is 9.18 Å². The van der Waals surface area contributed by atoms with Gasteiger partial charge in [0, 0.05) is 28.8 Å². The molecule has 4 rings (SSSR count). The molecule has 0 spiro atoms. The summed E-state index contributed by atoms with van der Waals surface area (Å²) >= 11 is 3.25. The van der Waals surface area contributed by atoms with Gasteiger partial charge in [-0.3, -0.25) is 9.78 Å². The standard InChI is InChI=1S/C19H17BrFN5O/c1-11-2-3-12(9-22-11)10-23-19(27)17-18(13-4-5-13)26(25-24-17)16-7-6-14(20)8-15(16)21/h2-3,6-9,13H,4-5,10H2,1H3,(H,23,27). The highest BCUT2D eigenvalue weighted by Crippen LogP contribution is 2.42. The van der Waals surface area contributed by atoms with Gasteiger partial charge < -0.3 is 5.32 Å². The largest absolute Gasteiger partial charge is 0.346 e. The number of nitrogens with one attached hydrogen (secondary N) is 1. The van der Waals surface area contributed by atoms with E-state index in [0.29, 0.717) is 16.7 Å². The Hall–Kier alpha value is -2.61. The van der Waals surface area contributed by atoms with Crippen molar-refractivity contribution < 1.29 is 9.18 Å². The van der Waals surface area contributed by atoms with Crippen molar-refractivity contribution in [3.8, 4) is 5.69 Å². The molecule has 0 unspecified atom stereocenters. The van der Waals surface area contributed by atoms with E-state index in [1.165, 1.54) is 10.7 Å². The van der Waals surface area contributed by atoms with Crippen LogP contribution < -0.4 is 5.32 Å². The molecule has 27 heavy (non-hydrogen) atoms. The maximum atomic E-state index is 14.4. The first kappa shape index (κ1) is 17.8. The molecule has 0 saturated heterocycles. The second-order valence-corrected chi connectivity index (χ2v) is 7.51. The first-order valence-electron chi connectivity index (χ1n) is 8.63. The molecule has 1 amide bonds. The minimum absolute atomic E-state index is 0.171. The van der Waals surface area contributed by atoms with E-state index in [1.54, 1.807) is 18.3 Å². The van der Waals surface area contributed by atoms with Crippen LogP contribution in [-0.4, -0.2) is 25.9 Å². The van der Waals surface area contributed by atoms with Gasteiger partial charge >= 0.3 is 0 Å². The number of hydrogen-bond acceptors (Lipinski definition) is 4. The molecular weight excluding hydrogens is 413 g/mol. The molecule has 0 bridgehead atoms. The van der Waals surface area contributed by atoms with Crippen molar-refractivity contribution in [1.82, 2.24) is 25.3 Å². The lowest BCUT2D eigenvalue weighted by molar-refractivity contribution is 0.0944. The van der Waals surface area contributed by atoms with Gasteiger partial charge in [-0.15, -0.1) is 5.10 Å². The molecule has 0 radical (unpaired) electrons. The Balaban J connectivity index is 1.60. The van der Waals surface area contributed by atoms with Gasteiger partial charge in [0.25, 0.3) is 5.91 Å². The molecule has 3 aromatic rings. The first-order chi connectivity index (χ1) is 13.0. The van der Waals surface area contributed by atoms with Crippen molar-refractivity contribution in [3.63, 3.8) is 0 Å². The van der Waals surface area contributed by atoms with Crippen molar-refractivity contribution in [1.29, 1.82) is 0 Å². The van der Waals surface area contributed by atoms with Crippen molar-refractivity contribution in [2.75, 3.05) is 0 Å². The molecule has 1 aromatic carbocycles. The average Bonchev–Trinajstić information content (AvgIpc) is 3.40. The Labute approximate surface area is 163 Å². The number of aromatic nitrogens is 4. The normalized spacial score (nSPS) is 13.6. The van der Waals surface area contributed by atoms with Crippen LogP contribution in [0.25, 0.3) is 5.69 Å². The van der Waals surface area contributed by atoms with Gasteiger partial charge in [0.2, 0.25) is 0 Å². The molecule has 2 aromatic heterocycles. The van der Waals surface area contributed by atoms with Gasteiger partial charge in [0.15, 0.2) is 5.69 Å². The molecule has 1 aliphatic carbocycles. The van der Waals surface area contributed by atoms with E-state index in [1.807, 2.05) is 19.1 Å². The topological polar surface area (TPSA) is 72.7 Å². The van der Waals surface area contributed by atoms with Crippen LogP contribution in [0.4, 0.5) is 4.39 Å². The second kappa shape index (κ2) is 7.19. The number of aryl methyl sites for hydroxylation is 1. The highest BCUT2D eigenvalue weighted by molar-refractivity contribution is 9.10. The van der Waals surface area contributed by atoms with Crippen LogP contribution >= 0.6 is 15.9 Å². The Morgan fingerprint density at radius 1 is 1.33 bits per heavy atom. The molecule has 138 valence electrons. The number of carbonyl (C=O) groups excluding carboxylic acids is 1. The highest BCUT2D eigenvalue weighted by Gasteiger charge is 2.34. The molecule has 1 fully saturated rings. The van der Waals surface area contributed by atoms with E-state index in [-0.39, 0.29) is 23.2 Å². The lowest BCUT2D eigenvalue weighted by atomic mass is 10.2. The average molecular weight is 430 g/mol. The number of pyridine rings is 1. The summed E-state index contributed by atoms with van der Waals surface area (Å²) in [7, 11) is 0. The summed E-state index contributed by atoms with van der Waals surface area (Å²) in [6.07, 6.45) is 3.60. The molecular formula is C19H17BrFN5O. The smallest absolute Gasteiger partial charge is 0.274 e. The highest BCUT2D eigenvalue weighted by atomic mass is 79.9. The lowest BCUT2D eigenvalue weighted by Crippen LogP contribution is -2.24. The molecule has 6 nitrogen and oxygen atoms in total. The Morgan fingerprint density at radius 3 is 2.81 bits per heavy atom. The Bertz CT molecular complexity index is 998. The summed E-state index contributed by atoms with van der Waals surface area (Å²) < 4.78 is 16.5. The van der Waals surface area contributed by atoms with E-state index >= 15 is 0 Å². The van der Waals surface area contributed by atoms with Crippen LogP contribution in [0.2, 0.25) is 0 Å². The summed E-state index contributed by atoms with van der Waals surface area (Å²) in [5.74, 6) is -0.569. The fourth-order valence-corrected chi connectivity index (χ4v) is 3.21. The number of hydrogen-bond donors (Lipinski definition) is 1. The Kier molecular flexibility index (Phi) is 4.73. The van der Waals surface area contributed by atoms with Crippen molar-refractivity contribution >= 4 is 21.8 Å². The van der Waals surface area contributed by atoms with Gasteiger partial charge in [-0.25, -0.2) is 9.07 Å². The summed E-state index contributed by atoms with van der Waals surface area (Å²) in [5, 5.41) is 11.0. The van der Waals surface area contributed by atoms with Gasteiger partial charge in [-0.05, 0) is 49.6 Å². The third-order valence-electron chi connectivity index (χ3n) is 4.45. The predicted octanol–water partition coefficient (Wildman–Crippen LogP) is 3.68. The fourth-order valence-electron chi connectivity index (χ4n) is 2.87. The monoisotopic (exact) mass is 429 g/mol. The summed E-state index contributed by atoms with van der Waals surface area (Å²) in [6.45, 7) is 2.25. The van der Waals surface area contributed by atoms with Crippen LogP contribution in [0.1, 0.15) is 46.2 Å². The van der Waals surface area contributed by atoms with Crippen molar-refractivity contribution in [2.45, 2.75) is 32.2 Å². The quantitative estimate of drug-likeness (QED) is 0.671. The maximum absolute atomic E-state index is 14.4. The number of rotatable bonds is 5. The van der Waals surface area contributed by atoms with Crippen molar-refractivity contribution in [2.24, 2.45) is 0 Å². The summed E-state index contributed by atoms with van der Waals surface area (Å²) in [5.41, 5.74) is 3.01.